The second-order valence-corrected chi connectivity index (χ2v) is 2.56. The molecule has 0 aromatic rings. The van der Waals surface area contributed by atoms with Crippen molar-refractivity contribution in [2.45, 2.75) is 12.8 Å². The number of carbonyl (C=O) groups is 1. The molecule has 0 atom stereocenters. The molecule has 0 saturated carbocycles. The van der Waals surface area contributed by atoms with Crippen molar-refractivity contribution in [2.75, 3.05) is 18.8 Å². The van der Waals surface area contributed by atoms with Gasteiger partial charge < -0.3 is 4.90 Å². The van der Waals surface area contributed by atoms with Gasteiger partial charge in [0.15, 0.2) is 0 Å². The Hall–Kier alpha value is -0.180. The van der Waals surface area contributed by atoms with E-state index in [-0.39, 0.29) is 5.91 Å². The second kappa shape index (κ2) is 3.11. The number of carbonyl (C=O) groups excluding carboxylic acids is 1. The van der Waals surface area contributed by atoms with Gasteiger partial charge in [-0.1, -0.05) is 0 Å². The molecule has 0 aromatic carbocycles. The molecule has 0 unspecified atom stereocenters. The minimum Gasteiger partial charge on any atom is -0.342 e. The fourth-order valence-electron chi connectivity index (χ4n) is 1.07. The maximum atomic E-state index is 10.9. The highest BCUT2D eigenvalue weighted by Gasteiger charge is 2.15. The van der Waals surface area contributed by atoms with Crippen LogP contribution in [0, 0.1) is 0 Å². The first-order valence-electron chi connectivity index (χ1n) is 3.23. The zero-order valence-corrected chi connectivity index (χ0v) is 6.23. The summed E-state index contributed by atoms with van der Waals surface area (Å²) in [6, 6.07) is 0. The van der Waals surface area contributed by atoms with Crippen LogP contribution in [0.5, 0.6) is 0 Å². The molecule has 0 aromatic heterocycles. The number of rotatable bonds is 1. The van der Waals surface area contributed by atoms with Crippen LogP contribution < -0.4 is 0 Å². The molecule has 0 bridgehead atoms. The van der Waals surface area contributed by atoms with E-state index in [1.54, 1.807) is 0 Å². The lowest BCUT2D eigenvalue weighted by Crippen LogP contribution is -2.28. The predicted octanol–water partition coefficient (Wildman–Crippen LogP) is 0.539. The van der Waals surface area contributed by atoms with Crippen LogP contribution in [0.4, 0.5) is 0 Å². The summed E-state index contributed by atoms with van der Waals surface area (Å²) in [4.78, 5) is 12.7. The smallest absolute Gasteiger partial charge is 0.232 e. The molecule has 1 saturated heterocycles. The van der Waals surface area contributed by atoms with Gasteiger partial charge in [0.2, 0.25) is 5.91 Å². The quantitative estimate of drug-likeness (QED) is 0.534. The molecule has 1 aliphatic heterocycles. The number of thiol groups is 1. The molecule has 9 heavy (non-hydrogen) atoms. The second-order valence-electron chi connectivity index (χ2n) is 2.25. The Balaban J connectivity index is 2.32. The van der Waals surface area contributed by atoms with E-state index in [2.05, 4.69) is 12.6 Å². The van der Waals surface area contributed by atoms with Crippen LogP contribution in [0.3, 0.4) is 0 Å². The molecular formula is C6H11NOS. The van der Waals surface area contributed by atoms with Crippen molar-refractivity contribution >= 4 is 18.5 Å². The van der Waals surface area contributed by atoms with Crippen molar-refractivity contribution in [1.29, 1.82) is 0 Å². The third-order valence-electron chi connectivity index (χ3n) is 1.59. The van der Waals surface area contributed by atoms with Crippen LogP contribution >= 0.6 is 12.6 Å². The van der Waals surface area contributed by atoms with Gasteiger partial charge in [-0.05, 0) is 12.8 Å². The summed E-state index contributed by atoms with van der Waals surface area (Å²) < 4.78 is 0. The topological polar surface area (TPSA) is 20.3 Å². The third-order valence-corrected chi connectivity index (χ3v) is 1.86. The lowest BCUT2D eigenvalue weighted by Gasteiger charge is -2.12. The first-order chi connectivity index (χ1) is 4.34. The van der Waals surface area contributed by atoms with Crippen LogP contribution in [-0.2, 0) is 4.79 Å². The Morgan fingerprint density at radius 2 is 2.00 bits per heavy atom. The zero-order valence-electron chi connectivity index (χ0n) is 5.34. The van der Waals surface area contributed by atoms with Crippen LogP contribution in [0.15, 0.2) is 0 Å². The zero-order chi connectivity index (χ0) is 6.69. The Kier molecular flexibility index (Phi) is 2.39. The van der Waals surface area contributed by atoms with E-state index in [0.29, 0.717) is 5.75 Å². The third kappa shape index (κ3) is 1.61. The molecule has 0 aliphatic carbocycles. The highest BCUT2D eigenvalue weighted by molar-refractivity contribution is 7.81. The summed E-state index contributed by atoms with van der Waals surface area (Å²) in [6.07, 6.45) is 2.33. The molecule has 1 heterocycles. The number of likely N-dealkylation sites (tertiary alicyclic amines) is 1. The van der Waals surface area contributed by atoms with Crippen molar-refractivity contribution in [1.82, 2.24) is 4.90 Å². The highest BCUT2D eigenvalue weighted by Crippen LogP contribution is 2.07. The molecular weight excluding hydrogens is 134 g/mol. The fraction of sp³-hybridized carbons (Fsp3) is 0.833. The predicted molar refractivity (Wildman–Crippen MR) is 39.7 cm³/mol. The first kappa shape index (κ1) is 6.93. The van der Waals surface area contributed by atoms with Crippen LogP contribution in [0.2, 0.25) is 0 Å². The van der Waals surface area contributed by atoms with Crippen molar-refractivity contribution in [3.8, 4) is 0 Å². The SMILES string of the molecule is O=C(CS)N1CCCC1. The molecule has 0 N–H and O–H groups in total. The van der Waals surface area contributed by atoms with Gasteiger partial charge in [-0.15, -0.1) is 0 Å². The number of amides is 1. The summed E-state index contributed by atoms with van der Waals surface area (Å²) in [5, 5.41) is 0. The highest BCUT2D eigenvalue weighted by atomic mass is 32.1. The van der Waals surface area contributed by atoms with Crippen molar-refractivity contribution in [3.63, 3.8) is 0 Å². The van der Waals surface area contributed by atoms with Gasteiger partial charge in [0.25, 0.3) is 0 Å². The van der Waals surface area contributed by atoms with E-state index in [9.17, 15) is 4.79 Å². The van der Waals surface area contributed by atoms with Gasteiger partial charge in [-0.25, -0.2) is 0 Å². The Bertz CT molecular complexity index is 110. The number of nitrogens with zero attached hydrogens (tertiary/aromatic N) is 1. The van der Waals surface area contributed by atoms with E-state index in [1.807, 2.05) is 4.90 Å². The van der Waals surface area contributed by atoms with E-state index < -0.39 is 0 Å². The molecule has 1 rings (SSSR count). The molecule has 0 spiro atoms. The lowest BCUT2D eigenvalue weighted by atomic mass is 10.4. The van der Waals surface area contributed by atoms with Crippen LogP contribution in [0.1, 0.15) is 12.8 Å². The maximum absolute atomic E-state index is 10.9. The molecule has 2 nitrogen and oxygen atoms in total. The van der Waals surface area contributed by atoms with Crippen LogP contribution in [-0.4, -0.2) is 29.6 Å². The molecule has 52 valence electrons. The van der Waals surface area contributed by atoms with E-state index in [1.165, 1.54) is 12.8 Å². The summed E-state index contributed by atoms with van der Waals surface area (Å²) in [5.74, 6) is 0.538. The molecule has 1 fully saturated rings. The van der Waals surface area contributed by atoms with Crippen molar-refractivity contribution in [2.24, 2.45) is 0 Å². The minimum absolute atomic E-state index is 0.177. The number of hydrogen-bond acceptors (Lipinski definition) is 2. The van der Waals surface area contributed by atoms with Gasteiger partial charge in [-0.3, -0.25) is 4.79 Å². The summed E-state index contributed by atoms with van der Waals surface area (Å²) >= 11 is 3.90. The van der Waals surface area contributed by atoms with E-state index >= 15 is 0 Å². The fourth-order valence-corrected chi connectivity index (χ4v) is 1.27. The molecule has 0 radical (unpaired) electrons. The van der Waals surface area contributed by atoms with Crippen LogP contribution in [0.25, 0.3) is 0 Å². The molecule has 1 amide bonds. The normalized spacial score (nSPS) is 18.6. The Labute approximate surface area is 60.6 Å². The monoisotopic (exact) mass is 145 g/mol. The average molecular weight is 145 g/mol. The lowest BCUT2D eigenvalue weighted by molar-refractivity contribution is -0.127. The van der Waals surface area contributed by atoms with E-state index in [0.717, 1.165) is 13.1 Å². The van der Waals surface area contributed by atoms with Crippen molar-refractivity contribution < 1.29 is 4.79 Å². The minimum atomic E-state index is 0.177. The Morgan fingerprint density at radius 3 is 2.44 bits per heavy atom. The van der Waals surface area contributed by atoms with Gasteiger partial charge >= 0.3 is 0 Å². The van der Waals surface area contributed by atoms with E-state index in [4.69, 9.17) is 0 Å². The largest absolute Gasteiger partial charge is 0.342 e. The van der Waals surface area contributed by atoms with Gasteiger partial charge in [0, 0.05) is 13.1 Å². The van der Waals surface area contributed by atoms with Gasteiger partial charge in [0.1, 0.15) is 0 Å². The summed E-state index contributed by atoms with van der Waals surface area (Å²) in [5.41, 5.74) is 0. The number of hydrogen-bond donors (Lipinski definition) is 1. The van der Waals surface area contributed by atoms with Crippen molar-refractivity contribution in [3.05, 3.63) is 0 Å². The average Bonchev–Trinajstić information content (AvgIpc) is 2.37. The summed E-state index contributed by atoms with van der Waals surface area (Å²) in [6.45, 7) is 1.89. The maximum Gasteiger partial charge on any atom is 0.232 e. The Morgan fingerprint density at radius 1 is 1.44 bits per heavy atom. The first-order valence-corrected chi connectivity index (χ1v) is 3.86. The molecule has 1 aliphatic rings. The van der Waals surface area contributed by atoms with Gasteiger partial charge in [-0.2, -0.15) is 12.6 Å². The standard InChI is InChI=1S/C6H11NOS/c8-6(5-9)7-3-1-2-4-7/h9H,1-5H2. The molecule has 3 heteroatoms. The summed E-state index contributed by atoms with van der Waals surface area (Å²) in [7, 11) is 0. The van der Waals surface area contributed by atoms with Gasteiger partial charge in [0.05, 0.1) is 5.75 Å².